The molecule has 3 N–H and O–H groups in total. The predicted molar refractivity (Wildman–Crippen MR) is 101 cm³/mol. The van der Waals surface area contributed by atoms with Gasteiger partial charge in [0.15, 0.2) is 5.96 Å². The monoisotopic (exact) mass is 350 g/mol. The molecule has 26 heavy (non-hydrogen) atoms. The summed E-state index contributed by atoms with van der Waals surface area (Å²) < 4.78 is 10.8. The third-order valence-electron chi connectivity index (χ3n) is 3.83. The highest BCUT2D eigenvalue weighted by atomic mass is 16.5. The van der Waals surface area contributed by atoms with E-state index in [-0.39, 0.29) is 5.96 Å². The van der Waals surface area contributed by atoms with Gasteiger partial charge in [0.05, 0.1) is 36.5 Å². The van der Waals surface area contributed by atoms with Gasteiger partial charge in [0, 0.05) is 17.7 Å². The molecule has 0 aliphatic heterocycles. The highest BCUT2D eigenvalue weighted by Gasteiger charge is 2.15. The van der Waals surface area contributed by atoms with Crippen molar-refractivity contribution >= 4 is 29.0 Å². The summed E-state index contributed by atoms with van der Waals surface area (Å²) in [5.41, 5.74) is 2.88. The number of pyridine rings is 1. The van der Waals surface area contributed by atoms with Crippen LogP contribution in [0, 0.1) is 5.41 Å². The van der Waals surface area contributed by atoms with Crippen molar-refractivity contribution in [2.24, 2.45) is 0 Å². The predicted octanol–water partition coefficient (Wildman–Crippen LogP) is 3.01. The number of hydrogen-bond acceptors (Lipinski definition) is 5. The van der Waals surface area contributed by atoms with Crippen LogP contribution in [0.1, 0.15) is 0 Å². The number of guanidine groups is 1. The molecule has 0 unspecified atom stereocenters. The van der Waals surface area contributed by atoms with E-state index in [4.69, 9.17) is 19.9 Å². The van der Waals surface area contributed by atoms with E-state index in [9.17, 15) is 4.79 Å². The molecule has 0 atom stereocenters. The van der Waals surface area contributed by atoms with Crippen LogP contribution in [0.5, 0.6) is 11.5 Å². The maximum Gasteiger partial charge on any atom is 0.213 e. The van der Waals surface area contributed by atoms with Gasteiger partial charge in [-0.05, 0) is 6.07 Å². The topological polar surface area (TPSA) is 96.3 Å². The van der Waals surface area contributed by atoms with Crippen LogP contribution in [0.2, 0.25) is 0 Å². The lowest BCUT2D eigenvalue weighted by molar-refractivity contribution is -0.108. The number of carbonyl (C=O) groups excluding carboxylic acids is 1. The van der Waals surface area contributed by atoms with Crippen molar-refractivity contribution in [3.63, 3.8) is 0 Å². The summed E-state index contributed by atoms with van der Waals surface area (Å²) in [6, 6.07) is 15.0. The fraction of sp³-hybridized carbons (Fsp3) is 0.105. The van der Waals surface area contributed by atoms with Crippen LogP contribution in [-0.4, -0.2) is 31.6 Å². The quantitative estimate of drug-likeness (QED) is 0.373. The molecule has 0 radical (unpaired) electrons. The molecule has 0 aliphatic carbocycles. The first-order chi connectivity index (χ1) is 12.7. The lowest BCUT2D eigenvalue weighted by Gasteiger charge is -2.15. The zero-order valence-corrected chi connectivity index (χ0v) is 14.4. The molecule has 0 bridgehead atoms. The molecule has 7 heteroatoms. The van der Waals surface area contributed by atoms with Crippen LogP contribution in [-0.2, 0) is 4.79 Å². The van der Waals surface area contributed by atoms with Gasteiger partial charge in [-0.3, -0.25) is 15.5 Å². The second-order valence-electron chi connectivity index (χ2n) is 5.41. The number of methoxy groups -OCH3 is 2. The first-order valence-electron chi connectivity index (χ1n) is 7.84. The molecule has 3 rings (SSSR count). The SMILES string of the molecule is COc1cc(OC)c2c(NC(=N)NC=O)cc(-c3ccccc3)nc2c1. The van der Waals surface area contributed by atoms with E-state index in [2.05, 4.69) is 10.6 Å². The molecule has 2 aromatic carbocycles. The van der Waals surface area contributed by atoms with E-state index in [1.54, 1.807) is 26.4 Å². The molecule has 0 aliphatic rings. The smallest absolute Gasteiger partial charge is 0.213 e. The van der Waals surface area contributed by atoms with Crippen LogP contribution in [0.15, 0.2) is 48.5 Å². The van der Waals surface area contributed by atoms with E-state index in [1.807, 2.05) is 36.4 Å². The summed E-state index contributed by atoms with van der Waals surface area (Å²) in [6.07, 6.45) is 0.442. The van der Waals surface area contributed by atoms with Gasteiger partial charge in [-0.15, -0.1) is 0 Å². The molecule has 1 amide bonds. The Morgan fingerprint density at radius 1 is 1.12 bits per heavy atom. The number of anilines is 1. The molecule has 1 heterocycles. The Kier molecular flexibility index (Phi) is 4.98. The number of carbonyl (C=O) groups is 1. The summed E-state index contributed by atoms with van der Waals surface area (Å²) in [6.45, 7) is 0. The Morgan fingerprint density at radius 2 is 1.88 bits per heavy atom. The van der Waals surface area contributed by atoms with E-state index >= 15 is 0 Å². The maximum atomic E-state index is 10.6. The number of nitrogens with one attached hydrogen (secondary N) is 3. The third-order valence-corrected chi connectivity index (χ3v) is 3.83. The van der Waals surface area contributed by atoms with Gasteiger partial charge in [-0.25, -0.2) is 4.98 Å². The number of ether oxygens (including phenoxy) is 2. The second-order valence-corrected chi connectivity index (χ2v) is 5.41. The standard InChI is InChI=1S/C19H18N4O3/c1-25-13-8-15-18(17(9-13)26-2)16(23-19(20)21-11-24)10-14(22-15)12-6-4-3-5-7-12/h3-11H,1-2H3,(H3,20,21,22,23,24). The molecular formula is C19H18N4O3. The van der Waals surface area contributed by atoms with Crippen LogP contribution < -0.4 is 20.1 Å². The van der Waals surface area contributed by atoms with Gasteiger partial charge in [-0.2, -0.15) is 0 Å². The number of amides is 1. The van der Waals surface area contributed by atoms with E-state index < -0.39 is 0 Å². The number of nitrogens with zero attached hydrogens (tertiary/aromatic N) is 1. The molecule has 7 nitrogen and oxygen atoms in total. The zero-order valence-electron chi connectivity index (χ0n) is 14.4. The zero-order chi connectivity index (χ0) is 18.5. The van der Waals surface area contributed by atoms with Gasteiger partial charge in [-0.1, -0.05) is 30.3 Å². The largest absolute Gasteiger partial charge is 0.497 e. The lowest BCUT2D eigenvalue weighted by Crippen LogP contribution is -2.28. The van der Waals surface area contributed by atoms with Crippen LogP contribution >= 0.6 is 0 Å². The minimum atomic E-state index is -0.149. The molecule has 0 saturated carbocycles. The van der Waals surface area contributed by atoms with Crippen LogP contribution in [0.25, 0.3) is 22.2 Å². The van der Waals surface area contributed by atoms with Crippen molar-refractivity contribution in [2.45, 2.75) is 0 Å². The fourth-order valence-corrected chi connectivity index (χ4v) is 2.67. The van der Waals surface area contributed by atoms with Crippen molar-refractivity contribution in [2.75, 3.05) is 19.5 Å². The fourth-order valence-electron chi connectivity index (χ4n) is 2.67. The second kappa shape index (κ2) is 7.52. The Balaban J connectivity index is 2.25. The first-order valence-corrected chi connectivity index (χ1v) is 7.84. The number of aromatic nitrogens is 1. The molecule has 0 spiro atoms. The van der Waals surface area contributed by atoms with Gasteiger partial charge < -0.3 is 14.8 Å². The van der Waals surface area contributed by atoms with Gasteiger partial charge in [0.1, 0.15) is 11.5 Å². The van der Waals surface area contributed by atoms with E-state index in [1.165, 1.54) is 0 Å². The molecule has 132 valence electrons. The maximum absolute atomic E-state index is 10.6. The normalized spacial score (nSPS) is 10.2. The third kappa shape index (κ3) is 3.41. The van der Waals surface area contributed by atoms with Crippen molar-refractivity contribution in [3.05, 3.63) is 48.5 Å². The minimum absolute atomic E-state index is 0.149. The van der Waals surface area contributed by atoms with Gasteiger partial charge >= 0.3 is 0 Å². The summed E-state index contributed by atoms with van der Waals surface area (Å²) in [5, 5.41) is 13.7. The highest BCUT2D eigenvalue weighted by molar-refractivity contribution is 6.07. The Morgan fingerprint density at radius 3 is 2.54 bits per heavy atom. The molecular weight excluding hydrogens is 332 g/mol. The first kappa shape index (κ1) is 17.2. The Bertz CT molecular complexity index is 958. The highest BCUT2D eigenvalue weighted by Crippen LogP contribution is 2.37. The Hall–Kier alpha value is -3.61. The Labute approximate surface area is 150 Å². The van der Waals surface area contributed by atoms with Crippen molar-refractivity contribution in [1.29, 1.82) is 5.41 Å². The van der Waals surface area contributed by atoms with Gasteiger partial charge in [0.25, 0.3) is 0 Å². The van der Waals surface area contributed by atoms with Crippen LogP contribution in [0.4, 0.5) is 5.69 Å². The average Bonchev–Trinajstić information content (AvgIpc) is 2.67. The number of hydrogen-bond donors (Lipinski definition) is 3. The van der Waals surface area contributed by atoms with E-state index in [0.29, 0.717) is 34.5 Å². The van der Waals surface area contributed by atoms with E-state index in [0.717, 1.165) is 11.3 Å². The van der Waals surface area contributed by atoms with Crippen LogP contribution in [0.3, 0.4) is 0 Å². The van der Waals surface area contributed by atoms with Gasteiger partial charge in [0.2, 0.25) is 6.41 Å². The lowest BCUT2D eigenvalue weighted by atomic mass is 10.1. The average molecular weight is 350 g/mol. The summed E-state index contributed by atoms with van der Waals surface area (Å²) in [7, 11) is 3.13. The minimum Gasteiger partial charge on any atom is -0.497 e. The molecule has 0 saturated heterocycles. The molecule has 3 aromatic rings. The number of fused-ring (bicyclic) bond motifs is 1. The van der Waals surface area contributed by atoms with Crippen molar-refractivity contribution in [1.82, 2.24) is 10.3 Å². The molecule has 0 fully saturated rings. The molecule has 1 aromatic heterocycles. The number of rotatable bonds is 5. The number of benzene rings is 2. The summed E-state index contributed by atoms with van der Waals surface area (Å²) in [4.78, 5) is 15.3. The van der Waals surface area contributed by atoms with Crippen molar-refractivity contribution < 1.29 is 14.3 Å². The van der Waals surface area contributed by atoms with Crippen molar-refractivity contribution in [3.8, 4) is 22.8 Å². The summed E-state index contributed by atoms with van der Waals surface area (Å²) >= 11 is 0. The summed E-state index contributed by atoms with van der Waals surface area (Å²) in [5.74, 6) is 1.01.